The van der Waals surface area contributed by atoms with Gasteiger partial charge in [-0.25, -0.2) is 0 Å². The van der Waals surface area contributed by atoms with Gasteiger partial charge in [-0.15, -0.1) is 0 Å². The Kier molecular flexibility index (Phi) is 6.46. The van der Waals surface area contributed by atoms with Crippen molar-refractivity contribution < 1.29 is 4.74 Å². The number of methoxy groups -OCH3 is 1. The van der Waals surface area contributed by atoms with Crippen molar-refractivity contribution in [1.82, 2.24) is 15.1 Å². The molecule has 122 valence electrons. The summed E-state index contributed by atoms with van der Waals surface area (Å²) in [6, 6.07) is 8.31. The molecule has 0 saturated carbocycles. The summed E-state index contributed by atoms with van der Waals surface area (Å²) in [5.74, 6) is 1.54. The van der Waals surface area contributed by atoms with Gasteiger partial charge in [0.05, 0.1) is 7.11 Å². The van der Waals surface area contributed by atoms with Crippen LogP contribution < -0.4 is 10.1 Å². The fourth-order valence-corrected chi connectivity index (χ4v) is 2.81. The summed E-state index contributed by atoms with van der Waals surface area (Å²) in [6.07, 6.45) is 0. The van der Waals surface area contributed by atoms with Crippen LogP contribution in [-0.4, -0.2) is 54.7 Å². The Morgan fingerprint density at radius 3 is 2.64 bits per heavy atom. The van der Waals surface area contributed by atoms with Crippen molar-refractivity contribution in [1.29, 1.82) is 0 Å². The van der Waals surface area contributed by atoms with Gasteiger partial charge in [0, 0.05) is 39.3 Å². The zero-order valence-corrected chi connectivity index (χ0v) is 14.7. The highest BCUT2D eigenvalue weighted by molar-refractivity contribution is 7.80. The minimum absolute atomic E-state index is 0.618. The molecular formula is C17H27N3OS. The van der Waals surface area contributed by atoms with Crippen molar-refractivity contribution in [3.63, 3.8) is 0 Å². The highest BCUT2D eigenvalue weighted by atomic mass is 32.1. The number of thiocarbonyl (C=S) groups is 1. The summed E-state index contributed by atoms with van der Waals surface area (Å²) >= 11 is 5.47. The maximum absolute atomic E-state index is 5.47. The number of hydrogen-bond donors (Lipinski definition) is 1. The van der Waals surface area contributed by atoms with Gasteiger partial charge in [-0.05, 0) is 35.8 Å². The largest absolute Gasteiger partial charge is 0.497 e. The molecule has 0 unspecified atom stereocenters. The average molecular weight is 321 g/mol. The molecule has 1 aliphatic heterocycles. The van der Waals surface area contributed by atoms with Gasteiger partial charge < -0.3 is 15.0 Å². The van der Waals surface area contributed by atoms with Gasteiger partial charge in [-0.3, -0.25) is 4.90 Å². The van der Waals surface area contributed by atoms with Gasteiger partial charge in [0.25, 0.3) is 0 Å². The molecule has 1 aromatic carbocycles. The SMILES string of the molecule is COc1cccc(CN2CCN(C(=S)NCC(C)C)CC2)c1. The van der Waals surface area contributed by atoms with Gasteiger partial charge in [-0.2, -0.15) is 0 Å². The summed E-state index contributed by atoms with van der Waals surface area (Å²) in [5, 5.41) is 4.25. The molecule has 1 heterocycles. The van der Waals surface area contributed by atoms with Crippen LogP contribution in [0.2, 0.25) is 0 Å². The van der Waals surface area contributed by atoms with E-state index < -0.39 is 0 Å². The monoisotopic (exact) mass is 321 g/mol. The summed E-state index contributed by atoms with van der Waals surface area (Å²) in [4.78, 5) is 4.75. The first-order valence-electron chi connectivity index (χ1n) is 7.96. The molecule has 4 nitrogen and oxygen atoms in total. The second-order valence-corrected chi connectivity index (χ2v) is 6.58. The predicted molar refractivity (Wildman–Crippen MR) is 95.3 cm³/mol. The summed E-state index contributed by atoms with van der Waals surface area (Å²) in [7, 11) is 1.71. The first-order valence-corrected chi connectivity index (χ1v) is 8.37. The quantitative estimate of drug-likeness (QED) is 0.841. The molecule has 1 saturated heterocycles. The lowest BCUT2D eigenvalue weighted by Gasteiger charge is -2.36. The maximum atomic E-state index is 5.47. The van der Waals surface area contributed by atoms with E-state index in [1.54, 1.807) is 7.11 Å². The topological polar surface area (TPSA) is 27.7 Å². The van der Waals surface area contributed by atoms with Crippen molar-refractivity contribution in [2.75, 3.05) is 39.8 Å². The standard InChI is InChI=1S/C17H27N3OS/c1-14(2)12-18-17(22)20-9-7-19(8-10-20)13-15-5-4-6-16(11-15)21-3/h4-6,11,14H,7-10,12-13H2,1-3H3,(H,18,22). The molecule has 0 aromatic heterocycles. The van der Waals surface area contributed by atoms with Gasteiger partial charge in [0.1, 0.15) is 5.75 Å². The molecule has 0 atom stereocenters. The Labute approximate surface area is 139 Å². The Morgan fingerprint density at radius 2 is 2.00 bits per heavy atom. The van der Waals surface area contributed by atoms with E-state index in [0.29, 0.717) is 5.92 Å². The molecule has 0 aliphatic carbocycles. The molecular weight excluding hydrogens is 294 g/mol. The Balaban J connectivity index is 1.78. The van der Waals surface area contributed by atoms with E-state index >= 15 is 0 Å². The van der Waals surface area contributed by atoms with Crippen LogP contribution in [0.25, 0.3) is 0 Å². The van der Waals surface area contributed by atoms with Gasteiger partial charge in [0.2, 0.25) is 0 Å². The molecule has 1 fully saturated rings. The number of nitrogens with one attached hydrogen (secondary N) is 1. The second-order valence-electron chi connectivity index (χ2n) is 6.19. The maximum Gasteiger partial charge on any atom is 0.169 e. The molecule has 0 bridgehead atoms. The minimum Gasteiger partial charge on any atom is -0.497 e. The van der Waals surface area contributed by atoms with Crippen molar-refractivity contribution in [3.05, 3.63) is 29.8 Å². The van der Waals surface area contributed by atoms with Crippen molar-refractivity contribution in [3.8, 4) is 5.75 Å². The van der Waals surface area contributed by atoms with Crippen LogP contribution in [0.1, 0.15) is 19.4 Å². The normalized spacial score (nSPS) is 15.9. The smallest absolute Gasteiger partial charge is 0.169 e. The molecule has 1 aromatic rings. The van der Waals surface area contributed by atoms with Crippen LogP contribution in [0.15, 0.2) is 24.3 Å². The van der Waals surface area contributed by atoms with E-state index in [9.17, 15) is 0 Å². The lowest BCUT2D eigenvalue weighted by molar-refractivity contribution is 0.174. The number of rotatable bonds is 5. The fourth-order valence-electron chi connectivity index (χ4n) is 2.54. The van der Waals surface area contributed by atoms with Crippen molar-refractivity contribution >= 4 is 17.3 Å². The lowest BCUT2D eigenvalue weighted by Crippen LogP contribution is -2.51. The zero-order chi connectivity index (χ0) is 15.9. The van der Waals surface area contributed by atoms with Crippen LogP contribution in [-0.2, 0) is 6.54 Å². The van der Waals surface area contributed by atoms with Crippen LogP contribution >= 0.6 is 12.2 Å². The van der Waals surface area contributed by atoms with E-state index in [2.05, 4.69) is 47.2 Å². The number of nitrogens with zero attached hydrogens (tertiary/aromatic N) is 2. The highest BCUT2D eigenvalue weighted by Crippen LogP contribution is 2.15. The predicted octanol–water partition coefficient (Wildman–Crippen LogP) is 2.34. The Morgan fingerprint density at radius 1 is 1.27 bits per heavy atom. The van der Waals surface area contributed by atoms with Gasteiger partial charge in [0.15, 0.2) is 5.11 Å². The molecule has 0 spiro atoms. The summed E-state index contributed by atoms with van der Waals surface area (Å²) in [5.41, 5.74) is 1.30. The third-order valence-corrected chi connectivity index (χ3v) is 4.26. The van der Waals surface area contributed by atoms with E-state index in [1.165, 1.54) is 5.56 Å². The lowest BCUT2D eigenvalue weighted by atomic mass is 10.2. The summed E-state index contributed by atoms with van der Waals surface area (Å²) in [6.45, 7) is 10.4. The Hall–Kier alpha value is -1.33. The van der Waals surface area contributed by atoms with Crippen molar-refractivity contribution in [2.45, 2.75) is 20.4 Å². The number of ether oxygens (including phenoxy) is 1. The average Bonchev–Trinajstić information content (AvgIpc) is 2.53. The first kappa shape index (κ1) is 17.0. The van der Waals surface area contributed by atoms with E-state index in [0.717, 1.165) is 50.1 Å². The van der Waals surface area contributed by atoms with Crippen molar-refractivity contribution in [2.24, 2.45) is 5.92 Å². The first-order chi connectivity index (χ1) is 10.6. The van der Waals surface area contributed by atoms with Gasteiger partial charge >= 0.3 is 0 Å². The molecule has 5 heteroatoms. The van der Waals surface area contributed by atoms with Crippen LogP contribution in [0.3, 0.4) is 0 Å². The van der Waals surface area contributed by atoms with Crippen LogP contribution in [0.4, 0.5) is 0 Å². The van der Waals surface area contributed by atoms with Crippen LogP contribution in [0, 0.1) is 5.92 Å². The third-order valence-electron chi connectivity index (χ3n) is 3.86. The van der Waals surface area contributed by atoms with Crippen LogP contribution in [0.5, 0.6) is 5.75 Å². The zero-order valence-electron chi connectivity index (χ0n) is 13.8. The number of benzene rings is 1. The number of hydrogen-bond acceptors (Lipinski definition) is 3. The van der Waals surface area contributed by atoms with E-state index in [4.69, 9.17) is 17.0 Å². The molecule has 2 rings (SSSR count). The molecule has 22 heavy (non-hydrogen) atoms. The second kappa shape index (κ2) is 8.34. The molecule has 1 aliphatic rings. The fraction of sp³-hybridized carbons (Fsp3) is 0.588. The van der Waals surface area contributed by atoms with Gasteiger partial charge in [-0.1, -0.05) is 26.0 Å². The highest BCUT2D eigenvalue weighted by Gasteiger charge is 2.19. The van der Waals surface area contributed by atoms with E-state index in [1.807, 2.05) is 6.07 Å². The minimum atomic E-state index is 0.618. The number of piperazine rings is 1. The third kappa shape index (κ3) is 5.14. The molecule has 0 amide bonds. The Bertz CT molecular complexity index is 485. The van der Waals surface area contributed by atoms with E-state index in [-0.39, 0.29) is 0 Å². The molecule has 1 N–H and O–H groups in total. The summed E-state index contributed by atoms with van der Waals surface area (Å²) < 4.78 is 5.29. The molecule has 0 radical (unpaired) electrons.